The molecule has 31 heavy (non-hydrogen) atoms. The fourth-order valence-electron chi connectivity index (χ4n) is 2.60. The quantitative estimate of drug-likeness (QED) is 0.253. The number of nitro groups is 2. The third-order valence-corrected chi connectivity index (χ3v) is 4.68. The number of nitrogens with zero attached hydrogens (tertiary/aromatic N) is 3. The van der Waals surface area contributed by atoms with Gasteiger partial charge in [0.2, 0.25) is 0 Å². The second kappa shape index (κ2) is 9.72. The third kappa shape index (κ3) is 5.58. The van der Waals surface area contributed by atoms with Crippen LogP contribution in [0.5, 0.6) is 0 Å². The molecule has 0 unspecified atom stereocenters. The maximum Gasteiger partial charge on any atom is 0.301 e. The van der Waals surface area contributed by atoms with Crippen LogP contribution in [0.3, 0.4) is 0 Å². The molecular formula is C21H14BrFN4O4. The van der Waals surface area contributed by atoms with Crippen LogP contribution in [0.4, 0.5) is 21.5 Å². The van der Waals surface area contributed by atoms with E-state index in [1.807, 2.05) is 0 Å². The molecule has 3 aromatic carbocycles. The Hall–Kier alpha value is -3.92. The molecule has 156 valence electrons. The summed E-state index contributed by atoms with van der Waals surface area (Å²) in [6, 6.07) is 16.5. The summed E-state index contributed by atoms with van der Waals surface area (Å²) in [5.41, 5.74) is 3.03. The lowest BCUT2D eigenvalue weighted by Gasteiger charge is -2.06. The number of hydrazone groups is 1. The predicted octanol–water partition coefficient (Wildman–Crippen LogP) is 5.93. The van der Waals surface area contributed by atoms with Gasteiger partial charge in [-0.05, 0) is 36.4 Å². The largest absolute Gasteiger partial charge is 0.301 e. The van der Waals surface area contributed by atoms with E-state index in [1.54, 1.807) is 48.5 Å². The van der Waals surface area contributed by atoms with Crippen molar-refractivity contribution < 1.29 is 14.2 Å². The number of allylic oxidation sites excluding steroid dienone is 1. The number of rotatable bonds is 7. The Kier molecular flexibility index (Phi) is 6.83. The van der Waals surface area contributed by atoms with E-state index in [-0.39, 0.29) is 5.69 Å². The summed E-state index contributed by atoms with van der Waals surface area (Å²) >= 11 is 3.35. The number of non-ortho nitro benzene ring substituents is 1. The zero-order valence-corrected chi connectivity index (χ0v) is 17.3. The van der Waals surface area contributed by atoms with E-state index in [2.05, 4.69) is 26.5 Å². The first-order valence-corrected chi connectivity index (χ1v) is 9.59. The summed E-state index contributed by atoms with van der Waals surface area (Å²) in [4.78, 5) is 20.8. The van der Waals surface area contributed by atoms with Crippen LogP contribution < -0.4 is 5.43 Å². The van der Waals surface area contributed by atoms with Crippen LogP contribution in [-0.2, 0) is 0 Å². The summed E-state index contributed by atoms with van der Waals surface area (Å²) in [5, 5.41) is 26.5. The summed E-state index contributed by atoms with van der Waals surface area (Å²) in [7, 11) is 0. The minimum Gasteiger partial charge on any atom is -0.271 e. The Balaban J connectivity index is 2.00. The van der Waals surface area contributed by atoms with Gasteiger partial charge >= 0.3 is 5.69 Å². The molecule has 0 aliphatic carbocycles. The Morgan fingerprint density at radius 3 is 2.35 bits per heavy atom. The van der Waals surface area contributed by atoms with Gasteiger partial charge in [-0.2, -0.15) is 5.10 Å². The van der Waals surface area contributed by atoms with Gasteiger partial charge in [-0.25, -0.2) is 4.39 Å². The van der Waals surface area contributed by atoms with Crippen LogP contribution in [0.15, 0.2) is 82.4 Å². The standard InChI is InChI=1S/C21H14BrFN4O4/c22-16-8-5-15(6-9-16)19(11-7-14-3-1-2-4-18(14)23)24-25-20-12-10-17(26(28)29)13-21(20)27(30)31/h1-13,25H/b11-7+,24-19+. The maximum atomic E-state index is 13.9. The first-order valence-electron chi connectivity index (χ1n) is 8.80. The lowest BCUT2D eigenvalue weighted by Crippen LogP contribution is -2.03. The van der Waals surface area contributed by atoms with Crippen molar-refractivity contribution in [2.24, 2.45) is 5.10 Å². The topological polar surface area (TPSA) is 111 Å². The van der Waals surface area contributed by atoms with Crippen LogP contribution in [0.25, 0.3) is 6.08 Å². The number of benzene rings is 3. The normalized spacial score (nSPS) is 11.5. The number of nitro benzene ring substituents is 2. The van der Waals surface area contributed by atoms with Crippen molar-refractivity contribution in [3.63, 3.8) is 0 Å². The molecule has 0 saturated heterocycles. The molecule has 0 aromatic heterocycles. The van der Waals surface area contributed by atoms with Crippen molar-refractivity contribution in [1.29, 1.82) is 0 Å². The highest BCUT2D eigenvalue weighted by atomic mass is 79.9. The highest BCUT2D eigenvalue weighted by molar-refractivity contribution is 9.10. The zero-order valence-electron chi connectivity index (χ0n) is 15.7. The number of halogens is 2. The monoisotopic (exact) mass is 484 g/mol. The predicted molar refractivity (Wildman–Crippen MR) is 119 cm³/mol. The van der Waals surface area contributed by atoms with E-state index in [0.29, 0.717) is 16.8 Å². The fraction of sp³-hybridized carbons (Fsp3) is 0. The average Bonchev–Trinajstić information content (AvgIpc) is 2.75. The van der Waals surface area contributed by atoms with Gasteiger partial charge in [0.15, 0.2) is 0 Å². The van der Waals surface area contributed by atoms with Gasteiger partial charge in [0.25, 0.3) is 5.69 Å². The molecule has 0 aliphatic rings. The van der Waals surface area contributed by atoms with Gasteiger partial charge in [0.05, 0.1) is 21.6 Å². The molecule has 8 nitrogen and oxygen atoms in total. The first kappa shape index (κ1) is 21.8. The zero-order chi connectivity index (χ0) is 22.4. The molecule has 0 heterocycles. The van der Waals surface area contributed by atoms with Crippen molar-refractivity contribution in [3.8, 4) is 0 Å². The maximum absolute atomic E-state index is 13.9. The molecule has 0 spiro atoms. The van der Waals surface area contributed by atoms with Crippen molar-refractivity contribution in [3.05, 3.63) is 114 Å². The van der Waals surface area contributed by atoms with Gasteiger partial charge in [0.1, 0.15) is 11.5 Å². The van der Waals surface area contributed by atoms with E-state index in [9.17, 15) is 24.6 Å². The summed E-state index contributed by atoms with van der Waals surface area (Å²) in [6.07, 6.45) is 3.09. The van der Waals surface area contributed by atoms with E-state index >= 15 is 0 Å². The molecule has 0 atom stereocenters. The molecule has 0 fully saturated rings. The first-order chi connectivity index (χ1) is 14.8. The average molecular weight is 485 g/mol. The molecule has 0 radical (unpaired) electrons. The molecule has 0 saturated carbocycles. The molecule has 0 aliphatic heterocycles. The molecule has 10 heteroatoms. The van der Waals surface area contributed by atoms with Crippen LogP contribution in [-0.4, -0.2) is 15.6 Å². The van der Waals surface area contributed by atoms with Crippen LogP contribution in [0, 0.1) is 26.0 Å². The highest BCUT2D eigenvalue weighted by Gasteiger charge is 2.19. The molecular weight excluding hydrogens is 471 g/mol. The third-order valence-electron chi connectivity index (χ3n) is 4.15. The molecule has 1 N–H and O–H groups in total. The Morgan fingerprint density at radius 1 is 1.00 bits per heavy atom. The van der Waals surface area contributed by atoms with Gasteiger partial charge < -0.3 is 0 Å². The lowest BCUT2D eigenvalue weighted by atomic mass is 10.1. The molecule has 3 rings (SSSR count). The Labute approximate surface area is 184 Å². The smallest absolute Gasteiger partial charge is 0.271 e. The van der Waals surface area contributed by atoms with E-state index in [0.717, 1.165) is 16.6 Å². The number of hydrogen-bond acceptors (Lipinski definition) is 6. The SMILES string of the molecule is O=[N+]([O-])c1ccc(N/N=C(\C=C\c2ccccc2F)c2ccc(Br)cc2)c([N+](=O)[O-])c1. The van der Waals surface area contributed by atoms with E-state index in [1.165, 1.54) is 18.2 Å². The number of hydrogen-bond donors (Lipinski definition) is 1. The van der Waals surface area contributed by atoms with Crippen molar-refractivity contribution in [1.82, 2.24) is 0 Å². The number of nitrogens with one attached hydrogen (secondary N) is 1. The van der Waals surface area contributed by atoms with Crippen LogP contribution in [0.2, 0.25) is 0 Å². The second-order valence-corrected chi connectivity index (χ2v) is 7.10. The Morgan fingerprint density at radius 2 is 1.71 bits per heavy atom. The summed E-state index contributed by atoms with van der Waals surface area (Å²) in [5.74, 6) is -0.409. The highest BCUT2D eigenvalue weighted by Crippen LogP contribution is 2.29. The van der Waals surface area contributed by atoms with Gasteiger partial charge in [-0.3, -0.25) is 25.7 Å². The molecule has 0 amide bonds. The summed E-state index contributed by atoms with van der Waals surface area (Å²) < 4.78 is 14.8. The van der Waals surface area contributed by atoms with E-state index < -0.39 is 27.0 Å². The summed E-state index contributed by atoms with van der Waals surface area (Å²) in [6.45, 7) is 0. The van der Waals surface area contributed by atoms with Crippen molar-refractivity contribution >= 4 is 44.8 Å². The van der Waals surface area contributed by atoms with Crippen molar-refractivity contribution in [2.75, 3.05) is 5.43 Å². The lowest BCUT2D eigenvalue weighted by molar-refractivity contribution is -0.393. The second-order valence-electron chi connectivity index (χ2n) is 6.19. The van der Waals surface area contributed by atoms with Crippen LogP contribution >= 0.6 is 15.9 Å². The minimum absolute atomic E-state index is 0.0236. The Bertz CT molecular complexity index is 1200. The molecule has 3 aromatic rings. The van der Waals surface area contributed by atoms with Crippen molar-refractivity contribution in [2.45, 2.75) is 0 Å². The van der Waals surface area contributed by atoms with Gasteiger partial charge in [-0.15, -0.1) is 0 Å². The van der Waals surface area contributed by atoms with Gasteiger partial charge in [0, 0.05) is 21.7 Å². The fourth-order valence-corrected chi connectivity index (χ4v) is 2.86. The minimum atomic E-state index is -0.737. The van der Waals surface area contributed by atoms with Gasteiger partial charge in [-0.1, -0.05) is 46.3 Å². The molecule has 0 bridgehead atoms. The number of anilines is 1. The van der Waals surface area contributed by atoms with Crippen LogP contribution in [0.1, 0.15) is 11.1 Å². The van der Waals surface area contributed by atoms with E-state index in [4.69, 9.17) is 0 Å².